The summed E-state index contributed by atoms with van der Waals surface area (Å²) in [5.74, 6) is 2.17. The Morgan fingerprint density at radius 2 is 1.88 bits per heavy atom. The van der Waals surface area contributed by atoms with E-state index in [0.717, 1.165) is 13.1 Å². The van der Waals surface area contributed by atoms with E-state index in [1.54, 1.807) is 6.92 Å². The van der Waals surface area contributed by atoms with E-state index in [2.05, 4.69) is 29.2 Å². The number of hydrogen-bond donors (Lipinski definition) is 0. The van der Waals surface area contributed by atoms with Crippen LogP contribution in [0.3, 0.4) is 0 Å². The van der Waals surface area contributed by atoms with Crippen LogP contribution in [0.1, 0.15) is 31.7 Å². The van der Waals surface area contributed by atoms with Crippen molar-refractivity contribution < 1.29 is 4.79 Å². The van der Waals surface area contributed by atoms with Crippen molar-refractivity contribution in [1.82, 2.24) is 4.90 Å². The molecule has 0 N–H and O–H groups in total. The van der Waals surface area contributed by atoms with Gasteiger partial charge in [0.15, 0.2) is 0 Å². The summed E-state index contributed by atoms with van der Waals surface area (Å²) in [4.78, 5) is 12.9. The van der Waals surface area contributed by atoms with Crippen LogP contribution in [-0.2, 0) is 17.9 Å². The Kier molecular flexibility index (Phi) is 8.23. The van der Waals surface area contributed by atoms with Gasteiger partial charge < -0.3 is 0 Å². The first-order valence-electron chi connectivity index (χ1n) is 5.43. The van der Waals surface area contributed by atoms with Gasteiger partial charge in [0.05, 0.1) is 0 Å². The number of rotatable bonds is 0. The molecule has 2 nitrogen and oxygen atoms in total. The first kappa shape index (κ1) is 15.4. The molecule has 0 fully saturated rings. The molecule has 0 aromatic carbocycles. The van der Waals surface area contributed by atoms with E-state index >= 15 is 0 Å². The van der Waals surface area contributed by atoms with Crippen LogP contribution >= 0.6 is 0 Å². The van der Waals surface area contributed by atoms with Crippen LogP contribution in [0.25, 0.3) is 0 Å². The molecule has 16 heavy (non-hydrogen) atoms. The predicted molar refractivity (Wildman–Crippen MR) is 73.3 cm³/mol. The van der Waals surface area contributed by atoms with Gasteiger partial charge in [-0.1, -0.05) is 13.8 Å². The van der Waals surface area contributed by atoms with Gasteiger partial charge in [-0.2, -0.15) is 0 Å². The van der Waals surface area contributed by atoms with Gasteiger partial charge in [0.25, 0.3) is 0 Å². The molecule has 76 valence electrons. The van der Waals surface area contributed by atoms with E-state index in [4.69, 9.17) is 0 Å². The molecule has 1 aromatic heterocycles. The molecule has 1 aliphatic rings. The zero-order valence-electron chi connectivity index (χ0n) is 10.2. The summed E-state index contributed by atoms with van der Waals surface area (Å²) in [5, 5.41) is 0. The molecular weight excluding hydrogens is 192 g/mol. The smallest absolute Gasteiger partial charge is 0 e. The quantitative estimate of drug-likeness (QED) is 0.540. The molecule has 0 saturated carbocycles. The van der Waals surface area contributed by atoms with Crippen molar-refractivity contribution in [1.29, 1.82) is 0 Å². The molecule has 0 bridgehead atoms. The van der Waals surface area contributed by atoms with E-state index in [9.17, 15) is 4.79 Å². The van der Waals surface area contributed by atoms with E-state index < -0.39 is 0 Å². The molecule has 4 radical (unpaired) electrons. The van der Waals surface area contributed by atoms with Crippen molar-refractivity contribution in [3.63, 3.8) is 0 Å². The molecular formula is C9H14B5NO. The topological polar surface area (TPSA) is 20.3 Å². The fourth-order valence-corrected chi connectivity index (χ4v) is 1.56. The summed E-state index contributed by atoms with van der Waals surface area (Å²) in [6.45, 7) is 13.4. The maximum Gasteiger partial charge on any atom is 0 e. The van der Waals surface area contributed by atoms with Crippen molar-refractivity contribution in [3.8, 4) is 0 Å². The molecule has 0 unspecified atom stereocenters. The van der Waals surface area contributed by atoms with Crippen LogP contribution in [0.15, 0.2) is 5.86 Å². The second kappa shape index (κ2) is 8.54. The SMILES string of the molecule is CC.CC(=O)N1Cc2bbcbc2C1.[B][B]. The van der Waals surface area contributed by atoms with Crippen LogP contribution in [0.5, 0.6) is 0 Å². The first-order chi connectivity index (χ1) is 7.77. The Morgan fingerprint density at radius 3 is 2.38 bits per heavy atom. The first-order valence-corrected chi connectivity index (χ1v) is 5.43. The Bertz CT molecular complexity index is 308. The third kappa shape index (κ3) is 4.11. The largest absolute Gasteiger partial charge is 0 e. The summed E-state index contributed by atoms with van der Waals surface area (Å²) in [6, 6.07) is 0. The summed E-state index contributed by atoms with van der Waals surface area (Å²) in [7, 11) is 8.00. The van der Waals surface area contributed by atoms with Crippen molar-refractivity contribution in [3.05, 3.63) is 16.8 Å². The van der Waals surface area contributed by atoms with Crippen molar-refractivity contribution in [2.75, 3.05) is 0 Å². The minimum atomic E-state index is 0.159. The minimum absolute atomic E-state index is 0.159. The molecule has 2 heterocycles. The third-order valence-electron chi connectivity index (χ3n) is 2.29. The molecule has 0 atom stereocenters. The van der Waals surface area contributed by atoms with Crippen molar-refractivity contribution in [2.45, 2.75) is 33.9 Å². The molecule has 0 saturated heterocycles. The van der Waals surface area contributed by atoms with Crippen LogP contribution < -0.4 is 0 Å². The maximum absolute atomic E-state index is 11.0. The van der Waals surface area contributed by atoms with E-state index in [1.807, 2.05) is 31.4 Å². The van der Waals surface area contributed by atoms with Crippen molar-refractivity contribution in [2.24, 2.45) is 0 Å². The molecule has 7 heteroatoms. The van der Waals surface area contributed by atoms with Crippen LogP contribution in [0.2, 0.25) is 0 Å². The maximum atomic E-state index is 11.0. The van der Waals surface area contributed by atoms with Crippen molar-refractivity contribution >= 4 is 41.9 Å². The van der Waals surface area contributed by atoms with Crippen LogP contribution in [-0.4, -0.2) is 46.8 Å². The minimum Gasteiger partial charge on any atom is 0 e. The Labute approximate surface area is 103 Å². The van der Waals surface area contributed by atoms with Crippen LogP contribution in [0, 0.1) is 0 Å². The van der Waals surface area contributed by atoms with Gasteiger partial charge in [0.1, 0.15) is 0 Å². The molecule has 1 aliphatic heterocycles. The molecule has 2 rings (SSSR count). The van der Waals surface area contributed by atoms with E-state index in [1.165, 1.54) is 10.9 Å². The van der Waals surface area contributed by atoms with Gasteiger partial charge in [-0.05, 0) is 0 Å². The Balaban J connectivity index is 0.000000509. The van der Waals surface area contributed by atoms with Gasteiger partial charge in [-0.25, -0.2) is 0 Å². The average Bonchev–Trinajstić information content (AvgIpc) is 2.78. The molecule has 0 aliphatic carbocycles. The van der Waals surface area contributed by atoms with Gasteiger partial charge >= 0.3 is 72.9 Å². The number of amides is 1. The average molecular weight is 206 g/mol. The predicted octanol–water partition coefficient (Wildman–Crippen LogP) is -0.172. The monoisotopic (exact) mass is 207 g/mol. The fraction of sp³-hybridized carbons (Fsp3) is 0.556. The van der Waals surface area contributed by atoms with Gasteiger partial charge in [0.2, 0.25) is 0 Å². The number of carbonyl (C=O) groups is 1. The zero-order chi connectivity index (χ0) is 12.6. The molecule has 1 amide bonds. The van der Waals surface area contributed by atoms with Crippen LogP contribution in [0.4, 0.5) is 0 Å². The second-order valence-electron chi connectivity index (χ2n) is 3.14. The Hall–Kier alpha value is -0.595. The summed E-state index contributed by atoms with van der Waals surface area (Å²) in [5.41, 5.74) is 2.57. The normalized spacial score (nSPS) is 10.8. The van der Waals surface area contributed by atoms with E-state index in [0.29, 0.717) is 0 Å². The second-order valence-corrected chi connectivity index (χ2v) is 3.14. The third-order valence-corrected chi connectivity index (χ3v) is 2.29. The number of hydrogen-bond acceptors (Lipinski definition) is 1. The van der Waals surface area contributed by atoms with E-state index in [-0.39, 0.29) is 5.91 Å². The standard InChI is InChI=1S/C7H8B3NO.C2H6.B2/c1-5(12)11-2-6-7(3-11)10-9-4-8-6;2*1-2/h4H,2-3H2,1H3;1-2H3;. The van der Waals surface area contributed by atoms with Gasteiger partial charge in [-0.3, -0.25) is 0 Å². The number of nitrogens with zero attached hydrogens (tertiary/aromatic N) is 1. The summed E-state index contributed by atoms with van der Waals surface area (Å²) in [6.07, 6.45) is 0. The molecule has 1 aromatic rings. The Morgan fingerprint density at radius 1 is 1.31 bits per heavy atom. The zero-order valence-corrected chi connectivity index (χ0v) is 10.2. The number of fused-ring (bicyclic) bond motifs is 1. The fourth-order valence-electron chi connectivity index (χ4n) is 1.56. The number of carbonyl (C=O) groups excluding carboxylic acids is 1. The van der Waals surface area contributed by atoms with Gasteiger partial charge in [0, 0.05) is 15.5 Å². The molecule has 0 spiro atoms. The summed E-state index contributed by atoms with van der Waals surface area (Å²) < 4.78 is 0. The summed E-state index contributed by atoms with van der Waals surface area (Å²) >= 11 is 0. The van der Waals surface area contributed by atoms with Gasteiger partial charge in [-0.15, -0.1) is 0 Å².